The van der Waals surface area contributed by atoms with Crippen LogP contribution >= 0.6 is 0 Å². The molecule has 0 rings (SSSR count). The summed E-state index contributed by atoms with van der Waals surface area (Å²) in [6.07, 6.45) is 24.0. The third kappa shape index (κ3) is 13.6. The molecule has 0 heteroatoms. The number of hydrogen-bond acceptors (Lipinski definition) is 0. The molecule has 0 heterocycles. The number of unbranched alkanes of at least 4 members (excludes halogenated alkanes) is 12. The van der Waals surface area contributed by atoms with Gasteiger partial charge in [-0.1, -0.05) is 124 Å². The van der Waals surface area contributed by atoms with E-state index in [1.165, 1.54) is 103 Å². The summed E-state index contributed by atoms with van der Waals surface area (Å²) >= 11 is 0. The Morgan fingerprint density at radius 2 is 1.00 bits per heavy atom. The van der Waals surface area contributed by atoms with Crippen LogP contribution in [0.5, 0.6) is 0 Å². The highest BCUT2D eigenvalue weighted by atomic mass is 14.3. The first-order valence-corrected chi connectivity index (χ1v) is 10.5. The van der Waals surface area contributed by atoms with Gasteiger partial charge in [0.15, 0.2) is 0 Å². The van der Waals surface area contributed by atoms with Crippen molar-refractivity contribution in [2.75, 3.05) is 0 Å². The summed E-state index contributed by atoms with van der Waals surface area (Å²) in [7, 11) is 0. The summed E-state index contributed by atoms with van der Waals surface area (Å²) < 4.78 is 0. The summed E-state index contributed by atoms with van der Waals surface area (Å²) in [4.78, 5) is 0. The number of hydrogen-bond donors (Lipinski definition) is 0. The fraction of sp³-hybridized carbons (Fsp3) is 0.955. The van der Waals surface area contributed by atoms with E-state index < -0.39 is 0 Å². The van der Waals surface area contributed by atoms with Gasteiger partial charge >= 0.3 is 0 Å². The minimum absolute atomic E-state index is 0.593. The lowest BCUT2D eigenvalue weighted by atomic mass is 9.78. The zero-order chi connectivity index (χ0) is 16.5. The Bertz CT molecular complexity index is 208. The lowest BCUT2D eigenvalue weighted by Gasteiger charge is -2.28. The van der Waals surface area contributed by atoms with Gasteiger partial charge in [-0.05, 0) is 18.3 Å². The molecule has 0 aliphatic heterocycles. The molecule has 1 radical (unpaired) electrons. The SMILES string of the molecule is [CH2]CCCC(C)(CC)CCCCCCCCCCCCCC. The largest absolute Gasteiger partial charge is 0.0654 e. The van der Waals surface area contributed by atoms with Crippen molar-refractivity contribution < 1.29 is 0 Å². The van der Waals surface area contributed by atoms with Crippen LogP contribution in [0.3, 0.4) is 0 Å². The predicted molar refractivity (Wildman–Crippen MR) is 103 cm³/mol. The Hall–Kier alpha value is 0. The van der Waals surface area contributed by atoms with Crippen LogP contribution in [-0.2, 0) is 0 Å². The predicted octanol–water partition coefficient (Wildman–Crippen LogP) is 8.50. The highest BCUT2D eigenvalue weighted by Crippen LogP contribution is 2.34. The standard InChI is InChI=1S/C22H45/c1-5-8-10-11-12-13-14-15-16-17-18-19-21-22(4,7-3)20-9-6-2/h2,5-21H2,1,3-4H3. The van der Waals surface area contributed by atoms with Crippen molar-refractivity contribution in [3.63, 3.8) is 0 Å². The van der Waals surface area contributed by atoms with E-state index in [1.807, 2.05) is 0 Å². The second-order valence-corrected chi connectivity index (χ2v) is 7.76. The number of rotatable bonds is 17. The van der Waals surface area contributed by atoms with E-state index in [2.05, 4.69) is 27.7 Å². The Balaban J connectivity index is 3.31. The van der Waals surface area contributed by atoms with Crippen molar-refractivity contribution in [2.45, 2.75) is 130 Å². The van der Waals surface area contributed by atoms with Gasteiger partial charge in [0.2, 0.25) is 0 Å². The van der Waals surface area contributed by atoms with E-state index in [-0.39, 0.29) is 0 Å². The van der Waals surface area contributed by atoms with Crippen LogP contribution in [0.1, 0.15) is 130 Å². The molecule has 0 amide bonds. The zero-order valence-corrected chi connectivity index (χ0v) is 16.2. The maximum absolute atomic E-state index is 3.99. The van der Waals surface area contributed by atoms with Gasteiger partial charge in [0.25, 0.3) is 0 Å². The molecule has 0 aromatic rings. The molecule has 0 fully saturated rings. The van der Waals surface area contributed by atoms with Gasteiger partial charge in [0.05, 0.1) is 0 Å². The normalized spacial score (nSPS) is 14.2. The molecule has 0 nitrogen and oxygen atoms in total. The van der Waals surface area contributed by atoms with E-state index in [1.54, 1.807) is 0 Å². The maximum atomic E-state index is 3.99. The van der Waals surface area contributed by atoms with Crippen LogP contribution in [0, 0.1) is 12.3 Å². The second-order valence-electron chi connectivity index (χ2n) is 7.76. The fourth-order valence-electron chi connectivity index (χ4n) is 3.42. The summed E-state index contributed by atoms with van der Waals surface area (Å²) in [5.74, 6) is 0. The van der Waals surface area contributed by atoms with Crippen LogP contribution < -0.4 is 0 Å². The van der Waals surface area contributed by atoms with Crippen molar-refractivity contribution in [2.24, 2.45) is 5.41 Å². The smallest absolute Gasteiger partial charge is 0.0328 e. The van der Waals surface area contributed by atoms with Crippen LogP contribution in [0.2, 0.25) is 0 Å². The van der Waals surface area contributed by atoms with Gasteiger partial charge in [-0.25, -0.2) is 0 Å². The summed E-state index contributed by atoms with van der Waals surface area (Å²) in [6.45, 7) is 11.1. The van der Waals surface area contributed by atoms with E-state index >= 15 is 0 Å². The monoisotopic (exact) mass is 309 g/mol. The first-order chi connectivity index (χ1) is 10.7. The first-order valence-electron chi connectivity index (χ1n) is 10.5. The highest BCUT2D eigenvalue weighted by molar-refractivity contribution is 4.73. The van der Waals surface area contributed by atoms with Gasteiger partial charge < -0.3 is 0 Å². The summed E-state index contributed by atoms with van der Waals surface area (Å²) in [5.41, 5.74) is 0.593. The molecule has 1 unspecified atom stereocenters. The van der Waals surface area contributed by atoms with Gasteiger partial charge in [0, 0.05) is 0 Å². The molecule has 0 aliphatic carbocycles. The molecule has 22 heavy (non-hydrogen) atoms. The summed E-state index contributed by atoms with van der Waals surface area (Å²) in [6, 6.07) is 0. The van der Waals surface area contributed by atoms with Crippen molar-refractivity contribution in [1.29, 1.82) is 0 Å². The summed E-state index contributed by atoms with van der Waals surface area (Å²) in [5, 5.41) is 0. The van der Waals surface area contributed by atoms with E-state index in [0.29, 0.717) is 5.41 Å². The average Bonchev–Trinajstić information content (AvgIpc) is 2.54. The average molecular weight is 310 g/mol. The van der Waals surface area contributed by atoms with Crippen LogP contribution in [0.4, 0.5) is 0 Å². The van der Waals surface area contributed by atoms with Crippen LogP contribution in [-0.4, -0.2) is 0 Å². The lowest BCUT2D eigenvalue weighted by Crippen LogP contribution is -2.14. The molecular formula is C22H45. The Morgan fingerprint density at radius 3 is 1.41 bits per heavy atom. The Kier molecular flexibility index (Phi) is 15.9. The first kappa shape index (κ1) is 22.0. The van der Waals surface area contributed by atoms with Gasteiger partial charge in [-0.3, -0.25) is 0 Å². The molecule has 0 aromatic carbocycles. The molecule has 0 spiro atoms. The van der Waals surface area contributed by atoms with Crippen LogP contribution in [0.25, 0.3) is 0 Å². The molecule has 0 saturated carbocycles. The maximum Gasteiger partial charge on any atom is -0.0328 e. The topological polar surface area (TPSA) is 0 Å². The molecular weight excluding hydrogens is 264 g/mol. The van der Waals surface area contributed by atoms with Gasteiger partial charge in [0.1, 0.15) is 0 Å². The zero-order valence-electron chi connectivity index (χ0n) is 16.2. The van der Waals surface area contributed by atoms with Crippen molar-refractivity contribution in [3.05, 3.63) is 6.92 Å². The third-order valence-corrected chi connectivity index (χ3v) is 5.52. The highest BCUT2D eigenvalue weighted by Gasteiger charge is 2.20. The molecule has 0 saturated heterocycles. The minimum atomic E-state index is 0.593. The van der Waals surface area contributed by atoms with Gasteiger partial charge in [-0.2, -0.15) is 0 Å². The van der Waals surface area contributed by atoms with Crippen molar-refractivity contribution in [1.82, 2.24) is 0 Å². The quantitative estimate of drug-likeness (QED) is 0.236. The molecule has 1 atom stereocenters. The molecule has 0 N–H and O–H groups in total. The fourth-order valence-corrected chi connectivity index (χ4v) is 3.42. The minimum Gasteiger partial charge on any atom is -0.0654 e. The molecule has 0 aromatic heterocycles. The van der Waals surface area contributed by atoms with Crippen molar-refractivity contribution in [3.8, 4) is 0 Å². The van der Waals surface area contributed by atoms with Gasteiger partial charge in [-0.15, -0.1) is 0 Å². The van der Waals surface area contributed by atoms with Crippen molar-refractivity contribution >= 4 is 0 Å². The molecule has 0 bridgehead atoms. The Morgan fingerprint density at radius 1 is 0.591 bits per heavy atom. The van der Waals surface area contributed by atoms with E-state index in [4.69, 9.17) is 0 Å². The molecule has 133 valence electrons. The van der Waals surface area contributed by atoms with E-state index in [0.717, 1.165) is 6.42 Å². The lowest BCUT2D eigenvalue weighted by molar-refractivity contribution is 0.244. The molecule has 0 aliphatic rings. The van der Waals surface area contributed by atoms with Crippen LogP contribution in [0.15, 0.2) is 0 Å². The third-order valence-electron chi connectivity index (χ3n) is 5.52. The van der Waals surface area contributed by atoms with E-state index in [9.17, 15) is 0 Å². The Labute approximate surface area is 142 Å². The second kappa shape index (κ2) is 15.9.